The number of aliphatic hydroxyl groups excluding tert-OH is 2. The van der Waals surface area contributed by atoms with Gasteiger partial charge in [0.1, 0.15) is 12.4 Å². The lowest BCUT2D eigenvalue weighted by molar-refractivity contribution is 0.0214. The molecule has 0 aliphatic rings. The molecule has 5 nitrogen and oxygen atoms in total. The predicted molar refractivity (Wildman–Crippen MR) is 63.5 cm³/mol. The molecule has 0 bridgehead atoms. The number of nitrogens with one attached hydrogen (secondary N) is 1. The van der Waals surface area contributed by atoms with Crippen molar-refractivity contribution in [2.24, 2.45) is 0 Å². The molecule has 2 unspecified atom stereocenters. The van der Waals surface area contributed by atoms with E-state index in [0.29, 0.717) is 19.6 Å². The van der Waals surface area contributed by atoms with E-state index in [1.807, 2.05) is 13.0 Å². The normalized spacial score (nSPS) is 14.8. The minimum absolute atomic E-state index is 0.152. The van der Waals surface area contributed by atoms with Crippen molar-refractivity contribution in [1.82, 2.24) is 5.32 Å². The minimum atomic E-state index is -0.550. The third-order valence-corrected chi connectivity index (χ3v) is 2.40. The Morgan fingerprint density at radius 2 is 2.35 bits per heavy atom. The van der Waals surface area contributed by atoms with E-state index in [1.165, 1.54) is 0 Å². The summed E-state index contributed by atoms with van der Waals surface area (Å²) in [6.45, 7) is 3.21. The molecule has 1 rings (SSSR count). The fraction of sp³-hybridized carbons (Fsp3) is 0.667. The smallest absolute Gasteiger partial charge is 0.129 e. The molecule has 0 aliphatic heterocycles. The molecule has 0 spiro atoms. The van der Waals surface area contributed by atoms with E-state index >= 15 is 0 Å². The van der Waals surface area contributed by atoms with Crippen molar-refractivity contribution in [3.63, 3.8) is 0 Å². The molecule has 17 heavy (non-hydrogen) atoms. The molecule has 2 atom stereocenters. The molecule has 1 aromatic rings. The van der Waals surface area contributed by atoms with Crippen LogP contribution in [-0.4, -0.2) is 42.1 Å². The summed E-state index contributed by atoms with van der Waals surface area (Å²) in [5.41, 5.74) is 0. The van der Waals surface area contributed by atoms with Gasteiger partial charge in [-0.25, -0.2) is 0 Å². The lowest BCUT2D eigenvalue weighted by Crippen LogP contribution is -2.36. The second kappa shape index (κ2) is 8.25. The van der Waals surface area contributed by atoms with Crippen LogP contribution in [0.25, 0.3) is 0 Å². The Labute approximate surface area is 101 Å². The van der Waals surface area contributed by atoms with Crippen molar-refractivity contribution in [3.8, 4) is 0 Å². The van der Waals surface area contributed by atoms with Gasteiger partial charge in [0.05, 0.1) is 19.0 Å². The fourth-order valence-corrected chi connectivity index (χ4v) is 1.38. The first-order valence-corrected chi connectivity index (χ1v) is 5.84. The molecule has 0 fully saturated rings. The van der Waals surface area contributed by atoms with Crippen LogP contribution in [0.1, 0.15) is 19.1 Å². The molecule has 1 aromatic heterocycles. The SMILES string of the molecule is CC(CCO)NCC(O)COCc1ccco1. The van der Waals surface area contributed by atoms with Crippen LogP contribution in [0.5, 0.6) is 0 Å². The molecule has 1 heterocycles. The lowest BCUT2D eigenvalue weighted by atomic mass is 10.2. The predicted octanol–water partition coefficient (Wildman–Crippen LogP) is 0.518. The standard InChI is InChI=1S/C12H21NO4/c1-10(4-5-14)13-7-11(15)8-16-9-12-3-2-6-17-12/h2-3,6,10-11,13-15H,4-5,7-9H2,1H3. The maximum atomic E-state index is 9.61. The Morgan fingerprint density at radius 1 is 1.53 bits per heavy atom. The van der Waals surface area contributed by atoms with Gasteiger partial charge >= 0.3 is 0 Å². The van der Waals surface area contributed by atoms with Crippen molar-refractivity contribution in [2.75, 3.05) is 19.8 Å². The van der Waals surface area contributed by atoms with Crippen molar-refractivity contribution < 1.29 is 19.4 Å². The third-order valence-electron chi connectivity index (χ3n) is 2.40. The van der Waals surface area contributed by atoms with Crippen LogP contribution in [0.15, 0.2) is 22.8 Å². The van der Waals surface area contributed by atoms with Crippen molar-refractivity contribution >= 4 is 0 Å². The molecule has 0 aliphatic carbocycles. The van der Waals surface area contributed by atoms with Crippen LogP contribution in [0.4, 0.5) is 0 Å². The van der Waals surface area contributed by atoms with Gasteiger partial charge in [0.15, 0.2) is 0 Å². The summed E-state index contributed by atoms with van der Waals surface area (Å²) in [5.74, 6) is 0.749. The molecule has 98 valence electrons. The minimum Gasteiger partial charge on any atom is -0.467 e. The average Bonchev–Trinajstić information content (AvgIpc) is 2.80. The highest BCUT2D eigenvalue weighted by molar-refractivity contribution is 4.96. The maximum absolute atomic E-state index is 9.61. The fourth-order valence-electron chi connectivity index (χ4n) is 1.38. The average molecular weight is 243 g/mol. The summed E-state index contributed by atoms with van der Waals surface area (Å²) in [6.07, 6.45) is 1.72. The highest BCUT2D eigenvalue weighted by Gasteiger charge is 2.07. The number of furan rings is 1. The second-order valence-electron chi connectivity index (χ2n) is 4.07. The summed E-state index contributed by atoms with van der Waals surface area (Å²) in [4.78, 5) is 0. The Balaban J connectivity index is 2.03. The molecular formula is C12H21NO4. The first kappa shape index (κ1) is 14.2. The summed E-state index contributed by atoms with van der Waals surface area (Å²) in [7, 11) is 0. The topological polar surface area (TPSA) is 74.9 Å². The van der Waals surface area contributed by atoms with Gasteiger partial charge < -0.3 is 24.7 Å². The van der Waals surface area contributed by atoms with Crippen LogP contribution in [0.3, 0.4) is 0 Å². The van der Waals surface area contributed by atoms with E-state index in [2.05, 4.69) is 5.32 Å². The monoisotopic (exact) mass is 243 g/mol. The zero-order valence-corrected chi connectivity index (χ0v) is 10.1. The van der Waals surface area contributed by atoms with Crippen molar-refractivity contribution in [1.29, 1.82) is 0 Å². The third kappa shape index (κ3) is 6.43. The largest absolute Gasteiger partial charge is 0.467 e. The molecule has 0 saturated heterocycles. The lowest BCUT2D eigenvalue weighted by Gasteiger charge is -2.16. The van der Waals surface area contributed by atoms with Crippen LogP contribution in [0, 0.1) is 0 Å². The van der Waals surface area contributed by atoms with Crippen molar-refractivity contribution in [3.05, 3.63) is 24.2 Å². The highest BCUT2D eigenvalue weighted by atomic mass is 16.5. The number of rotatable bonds is 9. The zero-order valence-electron chi connectivity index (χ0n) is 10.1. The second-order valence-corrected chi connectivity index (χ2v) is 4.07. The van der Waals surface area contributed by atoms with Gasteiger partial charge in [-0.1, -0.05) is 0 Å². The Bertz CT molecular complexity index is 276. The molecule has 0 saturated carbocycles. The quantitative estimate of drug-likeness (QED) is 0.589. The Morgan fingerprint density at radius 3 is 3.00 bits per heavy atom. The Kier molecular flexibility index (Phi) is 6.88. The van der Waals surface area contributed by atoms with Crippen LogP contribution >= 0.6 is 0 Å². The van der Waals surface area contributed by atoms with E-state index in [0.717, 1.165) is 5.76 Å². The maximum Gasteiger partial charge on any atom is 0.129 e. The molecule has 5 heteroatoms. The van der Waals surface area contributed by atoms with Crippen LogP contribution in [0.2, 0.25) is 0 Å². The summed E-state index contributed by atoms with van der Waals surface area (Å²) < 4.78 is 10.4. The van der Waals surface area contributed by atoms with Gasteiger partial charge in [0.2, 0.25) is 0 Å². The van der Waals surface area contributed by atoms with E-state index < -0.39 is 6.10 Å². The van der Waals surface area contributed by atoms with Gasteiger partial charge in [0, 0.05) is 19.2 Å². The van der Waals surface area contributed by atoms with Crippen LogP contribution < -0.4 is 5.32 Å². The van der Waals surface area contributed by atoms with Gasteiger partial charge in [-0.05, 0) is 25.5 Å². The van der Waals surface area contributed by atoms with E-state index in [1.54, 1.807) is 12.3 Å². The number of hydrogen-bond donors (Lipinski definition) is 3. The molecule has 3 N–H and O–H groups in total. The summed E-state index contributed by atoms with van der Waals surface area (Å²) in [6, 6.07) is 3.82. The first-order chi connectivity index (χ1) is 8.22. The van der Waals surface area contributed by atoms with E-state index in [-0.39, 0.29) is 19.3 Å². The van der Waals surface area contributed by atoms with E-state index in [4.69, 9.17) is 14.3 Å². The van der Waals surface area contributed by atoms with Crippen molar-refractivity contribution in [2.45, 2.75) is 32.1 Å². The molecule has 0 amide bonds. The molecular weight excluding hydrogens is 222 g/mol. The highest BCUT2D eigenvalue weighted by Crippen LogP contribution is 2.02. The van der Waals surface area contributed by atoms with Crippen LogP contribution in [-0.2, 0) is 11.3 Å². The van der Waals surface area contributed by atoms with E-state index in [9.17, 15) is 5.11 Å². The van der Waals surface area contributed by atoms with Gasteiger partial charge in [-0.2, -0.15) is 0 Å². The number of aliphatic hydroxyl groups is 2. The number of ether oxygens (including phenoxy) is 1. The summed E-state index contributed by atoms with van der Waals surface area (Å²) in [5, 5.41) is 21.4. The van der Waals surface area contributed by atoms with Gasteiger partial charge in [-0.15, -0.1) is 0 Å². The van der Waals surface area contributed by atoms with Gasteiger partial charge in [-0.3, -0.25) is 0 Å². The number of hydrogen-bond acceptors (Lipinski definition) is 5. The Hall–Kier alpha value is -0.880. The van der Waals surface area contributed by atoms with Gasteiger partial charge in [0.25, 0.3) is 0 Å². The summed E-state index contributed by atoms with van der Waals surface area (Å²) >= 11 is 0. The molecule has 0 radical (unpaired) electrons. The zero-order chi connectivity index (χ0) is 12.5. The molecule has 0 aromatic carbocycles. The first-order valence-electron chi connectivity index (χ1n) is 5.84.